The standard InChI is InChI=1S/C27H22Cl2N4O3/c1-2-35-26(34)23-24(17-7-4-3-5-8-17)32-27-30-16-31-33(27)25(23)18-11-13-19(14-12-18)36-15-20-21(28)9-6-10-22(20)29/h3-14,16,25H,2,15H2,1H3,(H,30,31,32). The van der Waals surface area contributed by atoms with E-state index >= 15 is 0 Å². The molecule has 0 saturated heterocycles. The first-order chi connectivity index (χ1) is 17.6. The van der Waals surface area contributed by atoms with Gasteiger partial charge in [0.1, 0.15) is 24.7 Å². The molecular weight excluding hydrogens is 499 g/mol. The number of fused-ring (bicyclic) bond motifs is 1. The molecule has 36 heavy (non-hydrogen) atoms. The van der Waals surface area contributed by atoms with Gasteiger partial charge < -0.3 is 14.8 Å². The van der Waals surface area contributed by atoms with Crippen LogP contribution in [0.1, 0.15) is 29.7 Å². The largest absolute Gasteiger partial charge is 0.489 e. The Labute approximate surface area is 218 Å². The molecule has 0 amide bonds. The van der Waals surface area contributed by atoms with Gasteiger partial charge in [0.25, 0.3) is 0 Å². The summed E-state index contributed by atoms with van der Waals surface area (Å²) in [6.07, 6.45) is 1.46. The molecular formula is C27H22Cl2N4O3. The van der Waals surface area contributed by atoms with Crippen LogP contribution in [0.15, 0.2) is 84.7 Å². The third-order valence-corrected chi connectivity index (χ3v) is 6.50. The number of hydrogen-bond donors (Lipinski definition) is 1. The van der Waals surface area contributed by atoms with Crippen LogP contribution in [0.3, 0.4) is 0 Å². The van der Waals surface area contributed by atoms with Gasteiger partial charge in [-0.1, -0.05) is 71.7 Å². The van der Waals surface area contributed by atoms with Gasteiger partial charge in [-0.2, -0.15) is 10.1 Å². The number of esters is 1. The van der Waals surface area contributed by atoms with Crippen molar-refractivity contribution in [3.05, 3.63) is 111 Å². The fourth-order valence-electron chi connectivity index (χ4n) is 4.10. The van der Waals surface area contributed by atoms with Crippen molar-refractivity contribution in [1.82, 2.24) is 14.8 Å². The lowest BCUT2D eigenvalue weighted by Crippen LogP contribution is -2.30. The highest BCUT2D eigenvalue weighted by atomic mass is 35.5. The number of benzene rings is 3. The fraction of sp³-hybridized carbons (Fsp3) is 0.148. The topological polar surface area (TPSA) is 78.3 Å². The lowest BCUT2D eigenvalue weighted by atomic mass is 9.93. The second-order valence-corrected chi connectivity index (χ2v) is 8.80. The van der Waals surface area contributed by atoms with E-state index in [-0.39, 0.29) is 13.2 Å². The summed E-state index contributed by atoms with van der Waals surface area (Å²) in [6, 6.07) is 21.9. The van der Waals surface area contributed by atoms with E-state index in [4.69, 9.17) is 32.7 Å². The molecule has 0 bridgehead atoms. The van der Waals surface area contributed by atoms with Gasteiger partial charge in [0.05, 0.1) is 17.9 Å². The number of carbonyl (C=O) groups excluding carboxylic acids is 1. The molecule has 0 fully saturated rings. The van der Waals surface area contributed by atoms with Gasteiger partial charge in [0, 0.05) is 15.6 Å². The Balaban J connectivity index is 1.51. The molecule has 2 heterocycles. The number of nitrogens with zero attached hydrogens (tertiary/aromatic N) is 3. The van der Waals surface area contributed by atoms with Gasteiger partial charge >= 0.3 is 5.97 Å². The van der Waals surface area contributed by atoms with E-state index in [1.165, 1.54) is 6.33 Å². The van der Waals surface area contributed by atoms with Crippen molar-refractivity contribution >= 4 is 40.8 Å². The molecule has 7 nitrogen and oxygen atoms in total. The zero-order valence-electron chi connectivity index (χ0n) is 19.3. The summed E-state index contributed by atoms with van der Waals surface area (Å²) in [5, 5.41) is 8.75. The minimum atomic E-state index is -0.551. The maximum Gasteiger partial charge on any atom is 0.338 e. The monoisotopic (exact) mass is 520 g/mol. The first-order valence-corrected chi connectivity index (χ1v) is 12.1. The number of aromatic nitrogens is 3. The molecule has 5 rings (SSSR count). The molecule has 3 aromatic carbocycles. The molecule has 0 radical (unpaired) electrons. The molecule has 0 aliphatic carbocycles. The Bertz CT molecular complexity index is 1400. The van der Waals surface area contributed by atoms with Crippen LogP contribution in [0.5, 0.6) is 5.75 Å². The SMILES string of the molecule is CCOC(=O)C1=C(c2ccccc2)Nc2ncnn2C1c1ccc(OCc2c(Cl)cccc2Cl)cc1. The highest BCUT2D eigenvalue weighted by molar-refractivity contribution is 6.35. The average Bonchev–Trinajstić information content (AvgIpc) is 3.37. The van der Waals surface area contributed by atoms with E-state index < -0.39 is 12.0 Å². The minimum absolute atomic E-state index is 0.227. The summed E-state index contributed by atoms with van der Waals surface area (Å²) in [5.74, 6) is 0.733. The van der Waals surface area contributed by atoms with Crippen molar-refractivity contribution in [2.45, 2.75) is 19.6 Å². The Kier molecular flexibility index (Phi) is 6.93. The smallest absolute Gasteiger partial charge is 0.338 e. The summed E-state index contributed by atoms with van der Waals surface area (Å²) in [7, 11) is 0. The van der Waals surface area contributed by atoms with Crippen LogP contribution in [0.25, 0.3) is 5.70 Å². The number of hydrogen-bond acceptors (Lipinski definition) is 6. The van der Waals surface area contributed by atoms with Crippen LogP contribution >= 0.6 is 23.2 Å². The highest BCUT2D eigenvalue weighted by Gasteiger charge is 2.36. The van der Waals surface area contributed by atoms with Crippen LogP contribution < -0.4 is 10.1 Å². The van der Waals surface area contributed by atoms with E-state index in [9.17, 15) is 4.79 Å². The number of rotatable bonds is 7. The zero-order valence-corrected chi connectivity index (χ0v) is 20.8. The van der Waals surface area contributed by atoms with Crippen molar-refractivity contribution in [2.75, 3.05) is 11.9 Å². The van der Waals surface area contributed by atoms with Gasteiger partial charge in [-0.05, 0) is 42.3 Å². The molecule has 1 aliphatic heterocycles. The molecule has 0 spiro atoms. The normalized spacial score (nSPS) is 14.7. The van der Waals surface area contributed by atoms with Gasteiger partial charge in [-0.3, -0.25) is 0 Å². The van der Waals surface area contributed by atoms with Gasteiger partial charge in [-0.15, -0.1) is 0 Å². The molecule has 1 unspecified atom stereocenters. The Morgan fingerprint density at radius 3 is 2.42 bits per heavy atom. The molecule has 0 saturated carbocycles. The van der Waals surface area contributed by atoms with Crippen molar-refractivity contribution in [3.63, 3.8) is 0 Å². The van der Waals surface area contributed by atoms with Crippen LogP contribution in [0.2, 0.25) is 10.0 Å². The molecule has 1 atom stereocenters. The lowest BCUT2D eigenvalue weighted by molar-refractivity contribution is -0.138. The zero-order chi connectivity index (χ0) is 25.1. The van der Waals surface area contributed by atoms with Crippen molar-refractivity contribution in [3.8, 4) is 5.75 Å². The van der Waals surface area contributed by atoms with Crippen LogP contribution in [-0.2, 0) is 16.1 Å². The molecule has 4 aromatic rings. The summed E-state index contributed by atoms with van der Waals surface area (Å²) >= 11 is 12.5. The third-order valence-electron chi connectivity index (χ3n) is 5.80. The predicted octanol–water partition coefficient (Wildman–Crippen LogP) is 6.15. The van der Waals surface area contributed by atoms with Gasteiger partial charge in [0.15, 0.2) is 0 Å². The van der Waals surface area contributed by atoms with E-state index in [0.717, 1.165) is 16.7 Å². The minimum Gasteiger partial charge on any atom is -0.489 e. The second-order valence-electron chi connectivity index (χ2n) is 7.99. The fourth-order valence-corrected chi connectivity index (χ4v) is 4.61. The average molecular weight is 521 g/mol. The first-order valence-electron chi connectivity index (χ1n) is 11.4. The van der Waals surface area contributed by atoms with Crippen LogP contribution in [0, 0.1) is 0 Å². The number of halogens is 2. The molecule has 9 heteroatoms. The van der Waals surface area contributed by atoms with E-state index in [1.54, 1.807) is 29.8 Å². The van der Waals surface area contributed by atoms with Crippen molar-refractivity contribution < 1.29 is 14.3 Å². The quantitative estimate of drug-likeness (QED) is 0.294. The summed E-state index contributed by atoms with van der Waals surface area (Å²) < 4.78 is 13.1. The van der Waals surface area contributed by atoms with Crippen LogP contribution in [-0.4, -0.2) is 27.3 Å². The Hall–Kier alpha value is -3.81. The maximum absolute atomic E-state index is 13.3. The molecule has 182 valence electrons. The maximum atomic E-state index is 13.3. The molecule has 1 N–H and O–H groups in total. The van der Waals surface area contributed by atoms with Crippen LogP contribution in [0.4, 0.5) is 5.95 Å². The Morgan fingerprint density at radius 1 is 1.00 bits per heavy atom. The number of carbonyl (C=O) groups is 1. The number of ether oxygens (including phenoxy) is 2. The number of anilines is 1. The predicted molar refractivity (Wildman–Crippen MR) is 139 cm³/mol. The Morgan fingerprint density at radius 2 is 1.72 bits per heavy atom. The second kappa shape index (κ2) is 10.4. The number of nitrogens with one attached hydrogen (secondary N) is 1. The highest BCUT2D eigenvalue weighted by Crippen LogP contribution is 2.39. The first kappa shape index (κ1) is 23.9. The summed E-state index contributed by atoms with van der Waals surface area (Å²) in [6.45, 7) is 2.26. The lowest BCUT2D eigenvalue weighted by Gasteiger charge is -2.29. The van der Waals surface area contributed by atoms with Crippen molar-refractivity contribution in [1.29, 1.82) is 0 Å². The molecule has 1 aromatic heterocycles. The summed E-state index contributed by atoms with van der Waals surface area (Å²) in [4.78, 5) is 17.6. The van der Waals surface area contributed by atoms with Gasteiger partial charge in [0.2, 0.25) is 5.95 Å². The van der Waals surface area contributed by atoms with E-state index in [2.05, 4.69) is 15.4 Å². The summed E-state index contributed by atoms with van der Waals surface area (Å²) in [5.41, 5.74) is 3.46. The van der Waals surface area contributed by atoms with Gasteiger partial charge in [-0.25, -0.2) is 9.48 Å². The third kappa shape index (κ3) is 4.67. The van der Waals surface area contributed by atoms with E-state index in [0.29, 0.717) is 33.0 Å². The van der Waals surface area contributed by atoms with Crippen molar-refractivity contribution in [2.24, 2.45) is 0 Å². The molecule has 1 aliphatic rings. The van der Waals surface area contributed by atoms with E-state index in [1.807, 2.05) is 54.6 Å².